The zero-order valence-corrected chi connectivity index (χ0v) is 12.7. The highest BCUT2D eigenvalue weighted by Crippen LogP contribution is 2.21. The van der Waals surface area contributed by atoms with Crippen LogP contribution >= 0.6 is 24.2 Å². The molecule has 1 heterocycles. The fourth-order valence-electron chi connectivity index (χ4n) is 2.09. The quantitative estimate of drug-likeness (QED) is 0.900. The molecule has 1 aromatic rings. The fourth-order valence-corrected chi connectivity index (χ4v) is 3.20. The number of nitrogens with two attached hydrogens (primary N) is 1. The fraction of sp³-hybridized carbons (Fsp3) is 0.500. The van der Waals surface area contributed by atoms with E-state index in [1.807, 2.05) is 42.1 Å². The van der Waals surface area contributed by atoms with Crippen molar-refractivity contribution in [2.75, 3.05) is 11.5 Å². The molecule has 1 aliphatic rings. The standard InChI is InChI=1S/C14H20N2OS.ClH/c1-14(15,11-5-3-2-4-6-11)13(17)16-12-7-9-18-10-8-12;/h2-6,12H,7-10,15H2,1H3,(H,16,17);1H. The smallest absolute Gasteiger partial charge is 0.244 e. The predicted molar refractivity (Wildman–Crippen MR) is 83.7 cm³/mol. The normalized spacial score (nSPS) is 19.1. The minimum Gasteiger partial charge on any atom is -0.351 e. The Hall–Kier alpha value is -0.710. The Balaban J connectivity index is 0.00000180. The second-order valence-electron chi connectivity index (χ2n) is 4.93. The number of hydrogen-bond acceptors (Lipinski definition) is 3. The van der Waals surface area contributed by atoms with Gasteiger partial charge in [-0.3, -0.25) is 4.79 Å². The van der Waals surface area contributed by atoms with Crippen LogP contribution in [-0.2, 0) is 10.3 Å². The third-order valence-electron chi connectivity index (χ3n) is 3.40. The van der Waals surface area contributed by atoms with E-state index in [-0.39, 0.29) is 24.4 Å². The molecule has 0 aromatic heterocycles. The van der Waals surface area contributed by atoms with Crippen LogP contribution < -0.4 is 11.1 Å². The van der Waals surface area contributed by atoms with Crippen LogP contribution in [0.25, 0.3) is 0 Å². The number of amides is 1. The van der Waals surface area contributed by atoms with Crippen LogP contribution in [0.15, 0.2) is 30.3 Å². The van der Waals surface area contributed by atoms with Gasteiger partial charge < -0.3 is 11.1 Å². The molecule has 1 fully saturated rings. The van der Waals surface area contributed by atoms with Crippen molar-refractivity contribution in [1.29, 1.82) is 0 Å². The van der Waals surface area contributed by atoms with Gasteiger partial charge in [-0.05, 0) is 36.8 Å². The van der Waals surface area contributed by atoms with Crippen molar-refractivity contribution in [1.82, 2.24) is 5.32 Å². The molecule has 19 heavy (non-hydrogen) atoms. The molecule has 106 valence electrons. The third-order valence-corrected chi connectivity index (χ3v) is 4.45. The Morgan fingerprint density at radius 1 is 1.32 bits per heavy atom. The molecule has 0 aliphatic carbocycles. The van der Waals surface area contributed by atoms with Crippen LogP contribution in [0.5, 0.6) is 0 Å². The molecule has 3 nitrogen and oxygen atoms in total. The van der Waals surface area contributed by atoms with Crippen molar-refractivity contribution in [2.24, 2.45) is 5.73 Å². The van der Waals surface area contributed by atoms with Crippen molar-refractivity contribution < 1.29 is 4.79 Å². The van der Waals surface area contributed by atoms with E-state index in [9.17, 15) is 4.79 Å². The monoisotopic (exact) mass is 300 g/mol. The van der Waals surface area contributed by atoms with Crippen molar-refractivity contribution in [3.05, 3.63) is 35.9 Å². The number of hydrogen-bond donors (Lipinski definition) is 2. The molecule has 1 saturated heterocycles. The summed E-state index contributed by atoms with van der Waals surface area (Å²) in [5.41, 5.74) is 6.08. The summed E-state index contributed by atoms with van der Waals surface area (Å²) in [6.07, 6.45) is 2.09. The van der Waals surface area contributed by atoms with Crippen LogP contribution in [0.1, 0.15) is 25.3 Å². The number of carbonyl (C=O) groups is 1. The molecule has 0 spiro atoms. The number of carbonyl (C=O) groups excluding carboxylic acids is 1. The first-order chi connectivity index (χ1) is 8.60. The van der Waals surface area contributed by atoms with Crippen LogP contribution in [0.4, 0.5) is 0 Å². The zero-order valence-electron chi connectivity index (χ0n) is 11.1. The minimum atomic E-state index is -0.953. The molecule has 1 amide bonds. The van der Waals surface area contributed by atoms with Crippen LogP contribution in [0.3, 0.4) is 0 Å². The Morgan fingerprint density at radius 2 is 1.89 bits per heavy atom. The Bertz CT molecular complexity index is 405. The first-order valence-corrected chi connectivity index (χ1v) is 7.49. The topological polar surface area (TPSA) is 55.1 Å². The highest BCUT2D eigenvalue weighted by Gasteiger charge is 2.32. The molecule has 0 saturated carbocycles. The van der Waals surface area contributed by atoms with E-state index in [0.29, 0.717) is 0 Å². The van der Waals surface area contributed by atoms with E-state index in [0.717, 1.165) is 29.9 Å². The second kappa shape index (κ2) is 7.17. The van der Waals surface area contributed by atoms with E-state index in [1.54, 1.807) is 6.92 Å². The number of benzene rings is 1. The van der Waals surface area contributed by atoms with Gasteiger partial charge in [0.2, 0.25) is 5.91 Å². The lowest BCUT2D eigenvalue weighted by atomic mass is 9.91. The van der Waals surface area contributed by atoms with Crippen molar-refractivity contribution in [3.8, 4) is 0 Å². The molecule has 0 bridgehead atoms. The van der Waals surface area contributed by atoms with Crippen molar-refractivity contribution in [2.45, 2.75) is 31.3 Å². The first kappa shape index (κ1) is 16.3. The summed E-state index contributed by atoms with van der Waals surface area (Å²) in [5, 5.41) is 3.08. The summed E-state index contributed by atoms with van der Waals surface area (Å²) in [7, 11) is 0. The van der Waals surface area contributed by atoms with Gasteiger partial charge in [-0.1, -0.05) is 30.3 Å². The van der Waals surface area contributed by atoms with Crippen molar-refractivity contribution in [3.63, 3.8) is 0 Å². The molecule has 1 aromatic carbocycles. The molecular weight excluding hydrogens is 280 g/mol. The number of rotatable bonds is 3. The highest BCUT2D eigenvalue weighted by molar-refractivity contribution is 7.99. The lowest BCUT2D eigenvalue weighted by molar-refractivity contribution is -0.126. The second-order valence-corrected chi connectivity index (χ2v) is 6.15. The van der Waals surface area contributed by atoms with Gasteiger partial charge in [0.05, 0.1) is 0 Å². The number of nitrogens with one attached hydrogen (secondary N) is 1. The summed E-state index contributed by atoms with van der Waals surface area (Å²) in [5.74, 6) is 2.17. The van der Waals surface area contributed by atoms with Gasteiger partial charge in [-0.15, -0.1) is 12.4 Å². The molecule has 1 unspecified atom stereocenters. The van der Waals surface area contributed by atoms with Crippen molar-refractivity contribution >= 4 is 30.1 Å². The van der Waals surface area contributed by atoms with Gasteiger partial charge in [0.25, 0.3) is 0 Å². The van der Waals surface area contributed by atoms with Gasteiger partial charge in [-0.25, -0.2) is 0 Å². The summed E-state index contributed by atoms with van der Waals surface area (Å²) in [6, 6.07) is 9.82. The summed E-state index contributed by atoms with van der Waals surface area (Å²) >= 11 is 1.95. The van der Waals surface area contributed by atoms with E-state index in [4.69, 9.17) is 5.73 Å². The summed E-state index contributed by atoms with van der Waals surface area (Å²) in [6.45, 7) is 1.77. The maximum atomic E-state index is 12.3. The lowest BCUT2D eigenvalue weighted by Gasteiger charge is -2.29. The molecule has 1 aliphatic heterocycles. The average Bonchev–Trinajstić information content (AvgIpc) is 2.41. The first-order valence-electron chi connectivity index (χ1n) is 6.34. The lowest BCUT2D eigenvalue weighted by Crippen LogP contribution is -2.52. The molecule has 1 atom stereocenters. The highest BCUT2D eigenvalue weighted by atomic mass is 35.5. The molecule has 3 N–H and O–H groups in total. The van der Waals surface area contributed by atoms with Crippen LogP contribution in [0, 0.1) is 0 Å². The average molecular weight is 301 g/mol. The molecular formula is C14H21ClN2OS. The maximum absolute atomic E-state index is 12.3. The summed E-state index contributed by atoms with van der Waals surface area (Å²) < 4.78 is 0. The van der Waals surface area contributed by atoms with Gasteiger partial charge >= 0.3 is 0 Å². The van der Waals surface area contributed by atoms with Gasteiger partial charge in [-0.2, -0.15) is 11.8 Å². The largest absolute Gasteiger partial charge is 0.351 e. The Kier molecular flexibility index (Phi) is 6.17. The van der Waals surface area contributed by atoms with E-state index >= 15 is 0 Å². The van der Waals surface area contributed by atoms with Crippen LogP contribution in [-0.4, -0.2) is 23.5 Å². The minimum absolute atomic E-state index is 0. The van der Waals surface area contributed by atoms with Crippen LogP contribution in [0.2, 0.25) is 0 Å². The molecule has 0 radical (unpaired) electrons. The van der Waals surface area contributed by atoms with Gasteiger partial charge in [0, 0.05) is 6.04 Å². The van der Waals surface area contributed by atoms with E-state index in [1.165, 1.54) is 0 Å². The van der Waals surface area contributed by atoms with E-state index in [2.05, 4.69) is 5.32 Å². The Morgan fingerprint density at radius 3 is 2.47 bits per heavy atom. The Labute approximate surface area is 125 Å². The van der Waals surface area contributed by atoms with Gasteiger partial charge in [0.15, 0.2) is 0 Å². The summed E-state index contributed by atoms with van der Waals surface area (Å²) in [4.78, 5) is 12.3. The molecule has 2 rings (SSSR count). The SMILES string of the molecule is CC(N)(C(=O)NC1CCSCC1)c1ccccc1.Cl. The zero-order chi connectivity index (χ0) is 13.0. The number of thioether (sulfide) groups is 1. The number of halogens is 1. The third kappa shape index (κ3) is 4.13. The maximum Gasteiger partial charge on any atom is 0.244 e. The van der Waals surface area contributed by atoms with E-state index < -0.39 is 5.54 Å². The predicted octanol–water partition coefficient (Wildman–Crippen LogP) is 2.29. The molecule has 5 heteroatoms. The van der Waals surface area contributed by atoms with Gasteiger partial charge in [0.1, 0.15) is 5.54 Å².